The van der Waals surface area contributed by atoms with Gasteiger partial charge in [0, 0.05) is 17.8 Å². The Morgan fingerprint density at radius 2 is 2.21 bits per heavy atom. The third-order valence-corrected chi connectivity index (χ3v) is 2.56. The van der Waals surface area contributed by atoms with Crippen molar-refractivity contribution in [2.24, 2.45) is 0 Å². The summed E-state index contributed by atoms with van der Waals surface area (Å²) in [6, 6.07) is 6.90. The molecule has 0 radical (unpaired) electrons. The van der Waals surface area contributed by atoms with Crippen LogP contribution in [0.3, 0.4) is 0 Å². The van der Waals surface area contributed by atoms with Gasteiger partial charge in [-0.05, 0) is 38.2 Å². The summed E-state index contributed by atoms with van der Waals surface area (Å²) in [6.07, 6.45) is -1.51. The lowest BCUT2D eigenvalue weighted by atomic mass is 10.2. The fourth-order valence-corrected chi connectivity index (χ4v) is 1.68. The molecule has 0 atom stereocenters. The normalized spacial score (nSPS) is 11.0. The van der Waals surface area contributed by atoms with Crippen LogP contribution in [-0.4, -0.2) is 37.4 Å². The second-order valence-corrected chi connectivity index (χ2v) is 4.43. The van der Waals surface area contributed by atoms with Gasteiger partial charge in [-0.1, -0.05) is 6.07 Å². The van der Waals surface area contributed by atoms with Crippen molar-refractivity contribution in [3.8, 4) is 0 Å². The van der Waals surface area contributed by atoms with E-state index in [9.17, 15) is 13.6 Å². The topological polar surface area (TPSA) is 58.4 Å². The van der Waals surface area contributed by atoms with Gasteiger partial charge in [-0.3, -0.25) is 4.79 Å². The molecule has 1 aromatic rings. The Kier molecular flexibility index (Phi) is 6.21. The highest BCUT2D eigenvalue weighted by atomic mass is 19.3. The maximum absolute atomic E-state index is 12.1. The van der Waals surface area contributed by atoms with Crippen molar-refractivity contribution < 1.29 is 13.6 Å². The van der Waals surface area contributed by atoms with Gasteiger partial charge in [0.2, 0.25) is 5.91 Å². The molecule has 0 aromatic heterocycles. The molecule has 0 aliphatic heterocycles. The highest BCUT2D eigenvalue weighted by molar-refractivity contribution is 5.91. The van der Waals surface area contributed by atoms with Gasteiger partial charge in [-0.25, -0.2) is 8.78 Å². The number of carbonyl (C=O) groups is 1. The van der Waals surface area contributed by atoms with Crippen LogP contribution in [0.5, 0.6) is 0 Å². The van der Waals surface area contributed by atoms with Gasteiger partial charge < -0.3 is 16.0 Å². The van der Waals surface area contributed by atoms with Gasteiger partial charge in [-0.15, -0.1) is 0 Å². The zero-order chi connectivity index (χ0) is 14.3. The van der Waals surface area contributed by atoms with Gasteiger partial charge in [-0.2, -0.15) is 0 Å². The van der Waals surface area contributed by atoms with E-state index in [0.717, 1.165) is 0 Å². The van der Waals surface area contributed by atoms with Crippen molar-refractivity contribution in [1.29, 1.82) is 0 Å². The fourth-order valence-electron chi connectivity index (χ4n) is 1.68. The minimum absolute atomic E-state index is 0.143. The quantitative estimate of drug-likeness (QED) is 0.747. The minimum Gasteiger partial charge on any atom is -0.399 e. The molecular formula is C13H19F2N3O. The third kappa shape index (κ3) is 6.71. The molecule has 0 aliphatic carbocycles. The van der Waals surface area contributed by atoms with Crippen molar-refractivity contribution in [3.63, 3.8) is 0 Å². The van der Waals surface area contributed by atoms with Crippen LogP contribution in [0, 0.1) is 0 Å². The molecule has 0 saturated carbocycles. The molecule has 106 valence electrons. The van der Waals surface area contributed by atoms with Crippen molar-refractivity contribution in [3.05, 3.63) is 24.3 Å². The predicted octanol–water partition coefficient (Wildman–Crippen LogP) is 2.18. The molecule has 0 fully saturated rings. The smallest absolute Gasteiger partial charge is 0.251 e. The van der Waals surface area contributed by atoms with Crippen molar-refractivity contribution in [2.75, 3.05) is 31.2 Å². The highest BCUT2D eigenvalue weighted by Gasteiger charge is 2.08. The lowest BCUT2D eigenvalue weighted by Crippen LogP contribution is -2.26. The average Bonchev–Trinajstić information content (AvgIpc) is 2.27. The van der Waals surface area contributed by atoms with Gasteiger partial charge in [0.1, 0.15) is 0 Å². The first kappa shape index (κ1) is 15.4. The second kappa shape index (κ2) is 7.68. The highest BCUT2D eigenvalue weighted by Crippen LogP contribution is 2.12. The van der Waals surface area contributed by atoms with Crippen LogP contribution in [0.4, 0.5) is 20.2 Å². The van der Waals surface area contributed by atoms with Crippen LogP contribution < -0.4 is 11.1 Å². The van der Waals surface area contributed by atoms with E-state index in [4.69, 9.17) is 5.73 Å². The molecule has 0 unspecified atom stereocenters. The molecule has 0 aliphatic rings. The summed E-state index contributed by atoms with van der Waals surface area (Å²) >= 11 is 0. The summed E-state index contributed by atoms with van der Waals surface area (Å²) in [7, 11) is 1.61. The Morgan fingerprint density at radius 1 is 1.47 bits per heavy atom. The number of hydrogen-bond acceptors (Lipinski definition) is 3. The van der Waals surface area contributed by atoms with E-state index < -0.39 is 6.43 Å². The molecule has 3 N–H and O–H groups in total. The number of nitrogens with one attached hydrogen (secondary N) is 1. The number of anilines is 2. The van der Waals surface area contributed by atoms with Crippen LogP contribution in [0.1, 0.15) is 12.8 Å². The Bertz CT molecular complexity index is 413. The maximum atomic E-state index is 12.1. The van der Waals surface area contributed by atoms with Crippen LogP contribution in [0.2, 0.25) is 0 Å². The SMILES string of the molecule is CN(CCCC(=O)Nc1cccc(N)c1)CC(F)F. The summed E-state index contributed by atoms with van der Waals surface area (Å²) in [4.78, 5) is 13.1. The minimum atomic E-state index is -2.34. The van der Waals surface area contributed by atoms with Gasteiger partial charge in [0.25, 0.3) is 6.43 Å². The number of nitrogens with two attached hydrogens (primary N) is 1. The largest absolute Gasteiger partial charge is 0.399 e. The van der Waals surface area contributed by atoms with Crippen molar-refractivity contribution in [2.45, 2.75) is 19.3 Å². The predicted molar refractivity (Wildman–Crippen MR) is 72.2 cm³/mol. The lowest BCUT2D eigenvalue weighted by Gasteiger charge is -2.15. The lowest BCUT2D eigenvalue weighted by molar-refractivity contribution is -0.116. The zero-order valence-corrected chi connectivity index (χ0v) is 10.9. The van der Waals surface area contributed by atoms with Crippen LogP contribution in [-0.2, 0) is 4.79 Å². The molecule has 0 saturated heterocycles. The summed E-state index contributed by atoms with van der Waals surface area (Å²) in [5, 5.41) is 2.71. The monoisotopic (exact) mass is 271 g/mol. The Labute approximate surface area is 111 Å². The number of alkyl halides is 2. The Hall–Kier alpha value is -1.69. The van der Waals surface area contributed by atoms with E-state index in [0.29, 0.717) is 30.8 Å². The summed E-state index contributed by atoms with van der Waals surface area (Å²) in [5.74, 6) is -0.143. The number of benzene rings is 1. The van der Waals surface area contributed by atoms with Crippen molar-refractivity contribution >= 4 is 17.3 Å². The first-order valence-corrected chi connectivity index (χ1v) is 6.09. The van der Waals surface area contributed by atoms with Crippen LogP contribution in [0.15, 0.2) is 24.3 Å². The van der Waals surface area contributed by atoms with E-state index in [1.54, 1.807) is 31.3 Å². The van der Waals surface area contributed by atoms with Crippen LogP contribution in [0.25, 0.3) is 0 Å². The maximum Gasteiger partial charge on any atom is 0.251 e. The molecule has 0 spiro atoms. The molecule has 6 heteroatoms. The molecule has 1 aromatic carbocycles. The number of rotatable bonds is 7. The van der Waals surface area contributed by atoms with E-state index in [2.05, 4.69) is 5.32 Å². The Morgan fingerprint density at radius 3 is 2.84 bits per heavy atom. The molecule has 0 bridgehead atoms. The van der Waals surface area contributed by atoms with E-state index >= 15 is 0 Å². The third-order valence-electron chi connectivity index (χ3n) is 2.56. The number of carbonyl (C=O) groups excluding carboxylic acids is 1. The number of nitrogens with zero attached hydrogens (tertiary/aromatic N) is 1. The van der Waals surface area contributed by atoms with Crippen LogP contribution >= 0.6 is 0 Å². The molecule has 1 rings (SSSR count). The van der Waals surface area contributed by atoms with Gasteiger partial charge in [0.05, 0.1) is 6.54 Å². The second-order valence-electron chi connectivity index (χ2n) is 4.43. The molecule has 1 amide bonds. The number of nitrogen functional groups attached to an aromatic ring is 1. The van der Waals surface area contributed by atoms with Gasteiger partial charge >= 0.3 is 0 Å². The number of hydrogen-bond donors (Lipinski definition) is 2. The van der Waals surface area contributed by atoms with Gasteiger partial charge in [0.15, 0.2) is 0 Å². The van der Waals surface area contributed by atoms with E-state index in [-0.39, 0.29) is 12.5 Å². The number of halogens is 2. The summed E-state index contributed by atoms with van der Waals surface area (Å²) < 4.78 is 24.1. The van der Waals surface area contributed by atoms with E-state index in [1.807, 2.05) is 0 Å². The standard InChI is InChI=1S/C13H19F2N3O/c1-18(9-12(14)15)7-3-6-13(19)17-11-5-2-4-10(16)8-11/h2,4-5,8,12H,3,6-7,9,16H2,1H3,(H,17,19). The first-order valence-electron chi connectivity index (χ1n) is 6.09. The molecule has 4 nitrogen and oxygen atoms in total. The van der Waals surface area contributed by atoms with E-state index in [1.165, 1.54) is 4.90 Å². The summed E-state index contributed by atoms with van der Waals surface area (Å²) in [6.45, 7) is 0.200. The molecule has 19 heavy (non-hydrogen) atoms. The molecule has 0 heterocycles. The van der Waals surface area contributed by atoms with Crippen molar-refractivity contribution in [1.82, 2.24) is 4.90 Å². The molecular weight excluding hydrogens is 252 g/mol. The zero-order valence-electron chi connectivity index (χ0n) is 10.9. The number of amides is 1. The summed E-state index contributed by atoms with van der Waals surface area (Å²) in [5.41, 5.74) is 6.81. The first-order chi connectivity index (χ1) is 8.97. The fraction of sp³-hybridized carbons (Fsp3) is 0.462. The Balaban J connectivity index is 2.25. The average molecular weight is 271 g/mol.